The highest BCUT2D eigenvalue weighted by Gasteiger charge is 2.24. The van der Waals surface area contributed by atoms with Gasteiger partial charge in [-0.3, -0.25) is 0 Å². The van der Waals surface area contributed by atoms with Crippen molar-refractivity contribution in [3.63, 3.8) is 0 Å². The van der Waals surface area contributed by atoms with E-state index >= 15 is 0 Å². The molecule has 0 saturated heterocycles. The van der Waals surface area contributed by atoms with Crippen LogP contribution in [0.25, 0.3) is 0 Å². The molecule has 0 amide bonds. The molecule has 0 unspecified atom stereocenters. The van der Waals surface area contributed by atoms with E-state index in [1.807, 2.05) is 0 Å². The van der Waals surface area contributed by atoms with Crippen molar-refractivity contribution in [3.05, 3.63) is 28.2 Å². The van der Waals surface area contributed by atoms with Gasteiger partial charge in [-0.25, -0.2) is 0 Å². The molecule has 0 aromatic heterocycles. The van der Waals surface area contributed by atoms with E-state index in [1.54, 1.807) is 0 Å². The summed E-state index contributed by atoms with van der Waals surface area (Å²) in [6.07, 6.45) is 2.82. The van der Waals surface area contributed by atoms with Gasteiger partial charge in [-0.1, -0.05) is 22.0 Å². The van der Waals surface area contributed by atoms with Crippen molar-refractivity contribution in [1.29, 1.82) is 0 Å². The molecule has 112 valence electrons. The molecule has 1 aliphatic rings. The largest absolute Gasteiger partial charge is 0.372 e. The van der Waals surface area contributed by atoms with Crippen LogP contribution in [0.3, 0.4) is 0 Å². The van der Waals surface area contributed by atoms with Crippen LogP contribution in [0, 0.1) is 5.92 Å². The van der Waals surface area contributed by atoms with Crippen molar-refractivity contribution < 1.29 is 0 Å². The number of nitrogens with zero attached hydrogens (tertiary/aromatic N) is 1. The first-order valence-electron chi connectivity index (χ1n) is 7.67. The number of hydrogen-bond donors (Lipinski definition) is 1. The van der Waals surface area contributed by atoms with Crippen molar-refractivity contribution >= 4 is 21.6 Å². The molecule has 3 heteroatoms. The lowest BCUT2D eigenvalue weighted by atomic mass is 10.1. The van der Waals surface area contributed by atoms with E-state index in [4.69, 9.17) is 0 Å². The Balaban J connectivity index is 2.03. The van der Waals surface area contributed by atoms with Crippen molar-refractivity contribution in [2.75, 3.05) is 18.0 Å². The Morgan fingerprint density at radius 3 is 2.50 bits per heavy atom. The zero-order valence-electron chi connectivity index (χ0n) is 13.2. The van der Waals surface area contributed by atoms with E-state index in [0.29, 0.717) is 0 Å². The molecular formula is C17H27BrN2. The van der Waals surface area contributed by atoms with Gasteiger partial charge in [-0.2, -0.15) is 0 Å². The van der Waals surface area contributed by atoms with E-state index in [9.17, 15) is 0 Å². The fourth-order valence-corrected chi connectivity index (χ4v) is 2.77. The summed E-state index contributed by atoms with van der Waals surface area (Å²) in [5, 5.41) is 3.54. The monoisotopic (exact) mass is 338 g/mol. The van der Waals surface area contributed by atoms with Crippen molar-refractivity contribution in [2.24, 2.45) is 5.92 Å². The van der Waals surface area contributed by atoms with Gasteiger partial charge in [0.2, 0.25) is 0 Å². The molecule has 1 aliphatic carbocycles. The molecule has 0 spiro atoms. The van der Waals surface area contributed by atoms with Gasteiger partial charge in [-0.05, 0) is 64.2 Å². The van der Waals surface area contributed by atoms with E-state index in [0.717, 1.165) is 19.0 Å². The lowest BCUT2D eigenvalue weighted by Gasteiger charge is -2.25. The SMILES string of the molecule is CCN(CC1CC1)c1ccc(CNC(C)(C)C)c(Br)c1. The van der Waals surface area contributed by atoms with Crippen LogP contribution in [0.1, 0.15) is 46.1 Å². The minimum atomic E-state index is 0.152. The molecule has 1 aromatic rings. The molecule has 0 aliphatic heterocycles. The molecule has 0 heterocycles. The zero-order valence-corrected chi connectivity index (χ0v) is 14.8. The van der Waals surface area contributed by atoms with Gasteiger partial charge in [0.15, 0.2) is 0 Å². The predicted molar refractivity (Wildman–Crippen MR) is 91.3 cm³/mol. The Kier molecular flexibility index (Phi) is 5.14. The van der Waals surface area contributed by atoms with Crippen molar-refractivity contribution in [1.82, 2.24) is 5.32 Å². The third kappa shape index (κ3) is 4.78. The normalized spacial score (nSPS) is 15.4. The number of nitrogens with one attached hydrogen (secondary N) is 1. The van der Waals surface area contributed by atoms with E-state index in [2.05, 4.69) is 72.0 Å². The summed E-state index contributed by atoms with van der Waals surface area (Å²) in [6.45, 7) is 12.0. The first kappa shape index (κ1) is 15.8. The van der Waals surface area contributed by atoms with Gasteiger partial charge in [0.25, 0.3) is 0 Å². The fraction of sp³-hybridized carbons (Fsp3) is 0.647. The number of benzene rings is 1. The Hall–Kier alpha value is -0.540. The maximum Gasteiger partial charge on any atom is 0.0377 e. The van der Waals surface area contributed by atoms with Crippen LogP contribution in [0.2, 0.25) is 0 Å². The average molecular weight is 339 g/mol. The Bertz CT molecular complexity index is 447. The zero-order chi connectivity index (χ0) is 14.8. The highest BCUT2D eigenvalue weighted by molar-refractivity contribution is 9.10. The van der Waals surface area contributed by atoms with Crippen LogP contribution in [0.5, 0.6) is 0 Å². The first-order chi connectivity index (χ1) is 9.39. The molecule has 1 fully saturated rings. The molecule has 0 bridgehead atoms. The summed E-state index contributed by atoms with van der Waals surface area (Å²) in [7, 11) is 0. The van der Waals surface area contributed by atoms with Gasteiger partial charge in [0, 0.05) is 35.3 Å². The molecule has 20 heavy (non-hydrogen) atoms. The average Bonchev–Trinajstić information content (AvgIpc) is 3.17. The Morgan fingerprint density at radius 1 is 1.30 bits per heavy atom. The summed E-state index contributed by atoms with van der Waals surface area (Å²) in [6, 6.07) is 6.77. The minimum absolute atomic E-state index is 0.152. The van der Waals surface area contributed by atoms with Gasteiger partial charge < -0.3 is 10.2 Å². The standard InChI is InChI=1S/C17H27BrN2/c1-5-20(12-13-6-7-13)15-9-8-14(16(18)10-15)11-19-17(2,3)4/h8-10,13,19H,5-7,11-12H2,1-4H3. The van der Waals surface area contributed by atoms with Crippen LogP contribution >= 0.6 is 15.9 Å². The van der Waals surface area contributed by atoms with Crippen LogP contribution in [0.15, 0.2) is 22.7 Å². The van der Waals surface area contributed by atoms with Crippen molar-refractivity contribution in [2.45, 2.75) is 52.6 Å². The maximum atomic E-state index is 3.73. The van der Waals surface area contributed by atoms with Crippen LogP contribution in [-0.4, -0.2) is 18.6 Å². The molecule has 1 aromatic carbocycles. The van der Waals surface area contributed by atoms with Gasteiger partial charge >= 0.3 is 0 Å². The van der Waals surface area contributed by atoms with Gasteiger partial charge in [0.05, 0.1) is 0 Å². The number of halogens is 1. The topological polar surface area (TPSA) is 15.3 Å². The molecular weight excluding hydrogens is 312 g/mol. The first-order valence-corrected chi connectivity index (χ1v) is 8.47. The molecule has 0 atom stereocenters. The fourth-order valence-electron chi connectivity index (χ4n) is 2.27. The summed E-state index contributed by atoms with van der Waals surface area (Å²) in [4.78, 5) is 2.49. The highest BCUT2D eigenvalue weighted by Crippen LogP contribution is 2.32. The summed E-state index contributed by atoms with van der Waals surface area (Å²) >= 11 is 3.73. The van der Waals surface area contributed by atoms with Crippen LogP contribution in [-0.2, 0) is 6.54 Å². The predicted octanol–water partition coefficient (Wildman–Crippen LogP) is 4.57. The van der Waals surface area contributed by atoms with E-state index in [-0.39, 0.29) is 5.54 Å². The van der Waals surface area contributed by atoms with E-state index < -0.39 is 0 Å². The van der Waals surface area contributed by atoms with Gasteiger partial charge in [0.1, 0.15) is 0 Å². The second kappa shape index (κ2) is 6.48. The molecule has 1 saturated carbocycles. The number of hydrogen-bond acceptors (Lipinski definition) is 2. The molecule has 0 radical (unpaired) electrons. The van der Waals surface area contributed by atoms with Crippen LogP contribution < -0.4 is 10.2 Å². The van der Waals surface area contributed by atoms with Crippen molar-refractivity contribution in [3.8, 4) is 0 Å². The molecule has 1 N–H and O–H groups in total. The number of rotatable bonds is 6. The van der Waals surface area contributed by atoms with E-state index in [1.165, 1.54) is 35.1 Å². The molecule has 2 rings (SSSR count). The van der Waals surface area contributed by atoms with Gasteiger partial charge in [-0.15, -0.1) is 0 Å². The second-order valence-electron chi connectivity index (χ2n) is 6.86. The third-order valence-corrected chi connectivity index (χ3v) is 4.51. The second-order valence-corrected chi connectivity index (χ2v) is 7.72. The summed E-state index contributed by atoms with van der Waals surface area (Å²) in [5.41, 5.74) is 2.82. The lowest BCUT2D eigenvalue weighted by Crippen LogP contribution is -2.35. The molecule has 2 nitrogen and oxygen atoms in total. The Labute approximate surface area is 132 Å². The maximum absolute atomic E-state index is 3.73. The lowest BCUT2D eigenvalue weighted by molar-refractivity contribution is 0.424. The number of anilines is 1. The van der Waals surface area contributed by atoms with Crippen LogP contribution in [0.4, 0.5) is 5.69 Å². The highest BCUT2D eigenvalue weighted by atomic mass is 79.9. The quantitative estimate of drug-likeness (QED) is 0.816. The third-order valence-electron chi connectivity index (χ3n) is 3.77. The Morgan fingerprint density at radius 2 is 2.00 bits per heavy atom. The summed E-state index contributed by atoms with van der Waals surface area (Å²) < 4.78 is 1.21. The summed E-state index contributed by atoms with van der Waals surface area (Å²) in [5.74, 6) is 0.927. The minimum Gasteiger partial charge on any atom is -0.372 e. The smallest absolute Gasteiger partial charge is 0.0377 e.